The van der Waals surface area contributed by atoms with Crippen LogP contribution >= 0.6 is 0 Å². The lowest BCUT2D eigenvalue weighted by atomic mass is 9.92. The molecule has 1 saturated heterocycles. The third-order valence-electron chi connectivity index (χ3n) is 3.05. The Morgan fingerprint density at radius 3 is 2.72 bits per heavy atom. The second kappa shape index (κ2) is 5.54. The van der Waals surface area contributed by atoms with Crippen molar-refractivity contribution in [2.45, 2.75) is 6.42 Å². The van der Waals surface area contributed by atoms with Crippen LogP contribution in [0.2, 0.25) is 0 Å². The maximum Gasteiger partial charge on any atom is 0.192 e. The van der Waals surface area contributed by atoms with Gasteiger partial charge in [-0.05, 0) is 30.0 Å². The van der Waals surface area contributed by atoms with Crippen molar-refractivity contribution in [1.29, 1.82) is 0 Å². The minimum atomic E-state index is -0.195. The van der Waals surface area contributed by atoms with Crippen molar-refractivity contribution in [3.8, 4) is 12.3 Å². The Labute approximate surface area is 107 Å². The molecule has 0 bridgehead atoms. The zero-order chi connectivity index (χ0) is 13.0. The first-order chi connectivity index (χ1) is 8.69. The Morgan fingerprint density at radius 1 is 1.44 bits per heavy atom. The first kappa shape index (κ1) is 12.4. The van der Waals surface area contributed by atoms with Gasteiger partial charge in [-0.15, -0.1) is 6.42 Å². The molecule has 0 unspecified atom stereocenters. The quantitative estimate of drug-likeness (QED) is 0.494. The van der Waals surface area contributed by atoms with Gasteiger partial charge in [0.25, 0.3) is 0 Å². The second-order valence-corrected chi connectivity index (χ2v) is 4.48. The van der Waals surface area contributed by atoms with Crippen LogP contribution in [0.5, 0.6) is 0 Å². The molecular formula is C14H16FN3. The molecule has 1 aliphatic heterocycles. The normalized spacial score (nSPS) is 16.2. The van der Waals surface area contributed by atoms with Gasteiger partial charge in [-0.3, -0.25) is 0 Å². The predicted octanol–water partition coefficient (Wildman–Crippen LogP) is 1.25. The molecular weight excluding hydrogens is 229 g/mol. The van der Waals surface area contributed by atoms with Crippen molar-refractivity contribution in [3.63, 3.8) is 0 Å². The third-order valence-corrected chi connectivity index (χ3v) is 3.05. The minimum Gasteiger partial charge on any atom is -0.370 e. The van der Waals surface area contributed by atoms with Gasteiger partial charge in [0.15, 0.2) is 5.96 Å². The first-order valence-corrected chi connectivity index (χ1v) is 5.92. The Morgan fingerprint density at radius 2 is 2.11 bits per heavy atom. The number of aliphatic imine (C=N–C) groups is 1. The largest absolute Gasteiger partial charge is 0.370 e. The van der Waals surface area contributed by atoms with E-state index in [0.29, 0.717) is 18.4 Å². The van der Waals surface area contributed by atoms with Crippen LogP contribution in [0.1, 0.15) is 5.56 Å². The van der Waals surface area contributed by atoms with Crippen LogP contribution in [0.3, 0.4) is 0 Å². The van der Waals surface area contributed by atoms with Gasteiger partial charge in [0.05, 0.1) is 0 Å². The number of hydrogen-bond donors (Lipinski definition) is 1. The highest BCUT2D eigenvalue weighted by Crippen LogP contribution is 2.20. The van der Waals surface area contributed by atoms with Crippen molar-refractivity contribution in [2.75, 3.05) is 19.6 Å². The Kier molecular flexibility index (Phi) is 3.83. The molecule has 1 heterocycles. The van der Waals surface area contributed by atoms with Crippen LogP contribution in [0.4, 0.5) is 4.39 Å². The molecule has 0 spiro atoms. The number of likely N-dealkylation sites (tertiary alicyclic amines) is 1. The zero-order valence-corrected chi connectivity index (χ0v) is 10.1. The van der Waals surface area contributed by atoms with E-state index in [2.05, 4.69) is 10.9 Å². The van der Waals surface area contributed by atoms with E-state index in [1.165, 1.54) is 12.1 Å². The SMILES string of the molecule is C#CCN=C(N)N1CC(Cc2ccc(F)cc2)C1. The van der Waals surface area contributed by atoms with E-state index in [0.717, 1.165) is 25.1 Å². The second-order valence-electron chi connectivity index (χ2n) is 4.48. The first-order valence-electron chi connectivity index (χ1n) is 5.92. The molecule has 94 valence electrons. The lowest BCUT2D eigenvalue weighted by molar-refractivity contribution is 0.185. The number of nitrogens with two attached hydrogens (primary N) is 1. The molecule has 1 aromatic carbocycles. The summed E-state index contributed by atoms with van der Waals surface area (Å²) in [7, 11) is 0. The number of benzene rings is 1. The monoisotopic (exact) mass is 245 g/mol. The summed E-state index contributed by atoms with van der Waals surface area (Å²) >= 11 is 0. The molecule has 3 nitrogen and oxygen atoms in total. The highest BCUT2D eigenvalue weighted by atomic mass is 19.1. The van der Waals surface area contributed by atoms with E-state index >= 15 is 0 Å². The number of rotatable bonds is 3. The average Bonchev–Trinajstić information content (AvgIpc) is 2.32. The fraction of sp³-hybridized carbons (Fsp3) is 0.357. The summed E-state index contributed by atoms with van der Waals surface area (Å²) in [6.45, 7) is 2.10. The summed E-state index contributed by atoms with van der Waals surface area (Å²) < 4.78 is 12.7. The molecule has 18 heavy (non-hydrogen) atoms. The lowest BCUT2D eigenvalue weighted by Gasteiger charge is -2.40. The standard InChI is InChI=1S/C14H16FN3/c1-2-7-17-14(16)18-9-12(10-18)8-11-3-5-13(15)6-4-11/h1,3-6,12H,7-10H2,(H2,16,17). The van der Waals surface area contributed by atoms with Gasteiger partial charge in [-0.1, -0.05) is 18.1 Å². The average molecular weight is 245 g/mol. The topological polar surface area (TPSA) is 41.6 Å². The molecule has 2 rings (SSSR count). The van der Waals surface area contributed by atoms with Crippen molar-refractivity contribution < 1.29 is 4.39 Å². The van der Waals surface area contributed by atoms with Crippen molar-refractivity contribution in [2.24, 2.45) is 16.6 Å². The summed E-state index contributed by atoms with van der Waals surface area (Å²) in [4.78, 5) is 6.06. The van der Waals surface area contributed by atoms with E-state index in [-0.39, 0.29) is 5.82 Å². The van der Waals surface area contributed by atoms with Crippen molar-refractivity contribution in [3.05, 3.63) is 35.6 Å². The number of hydrogen-bond acceptors (Lipinski definition) is 1. The van der Waals surface area contributed by atoms with E-state index in [1.54, 1.807) is 0 Å². The molecule has 0 amide bonds. The number of nitrogens with zero attached hydrogens (tertiary/aromatic N) is 2. The summed E-state index contributed by atoms with van der Waals surface area (Å²) in [5, 5.41) is 0. The molecule has 0 radical (unpaired) electrons. The van der Waals surface area contributed by atoms with E-state index in [9.17, 15) is 4.39 Å². The molecule has 0 aromatic heterocycles. The summed E-state index contributed by atoms with van der Waals surface area (Å²) in [5.41, 5.74) is 6.92. The minimum absolute atomic E-state index is 0.195. The predicted molar refractivity (Wildman–Crippen MR) is 70.5 cm³/mol. The van der Waals surface area contributed by atoms with Crippen LogP contribution in [0, 0.1) is 24.1 Å². The lowest BCUT2D eigenvalue weighted by Crippen LogP contribution is -2.53. The molecule has 0 atom stereocenters. The van der Waals surface area contributed by atoms with Crippen LogP contribution in [-0.2, 0) is 6.42 Å². The zero-order valence-electron chi connectivity index (χ0n) is 10.1. The van der Waals surface area contributed by atoms with Gasteiger partial charge < -0.3 is 10.6 Å². The Balaban J connectivity index is 1.80. The van der Waals surface area contributed by atoms with Gasteiger partial charge in [0, 0.05) is 13.1 Å². The fourth-order valence-electron chi connectivity index (χ4n) is 2.07. The highest BCUT2D eigenvalue weighted by molar-refractivity contribution is 5.79. The summed E-state index contributed by atoms with van der Waals surface area (Å²) in [6.07, 6.45) is 6.06. The van der Waals surface area contributed by atoms with Crippen LogP contribution in [0.15, 0.2) is 29.3 Å². The molecule has 4 heteroatoms. The Bertz CT molecular complexity index is 467. The number of guanidine groups is 1. The molecule has 2 N–H and O–H groups in total. The van der Waals surface area contributed by atoms with Crippen LogP contribution in [-0.4, -0.2) is 30.5 Å². The van der Waals surface area contributed by atoms with Gasteiger partial charge in [-0.25, -0.2) is 9.38 Å². The van der Waals surface area contributed by atoms with E-state index in [1.807, 2.05) is 17.0 Å². The van der Waals surface area contributed by atoms with E-state index < -0.39 is 0 Å². The van der Waals surface area contributed by atoms with Crippen LogP contribution < -0.4 is 5.73 Å². The number of terminal acetylenes is 1. The van der Waals surface area contributed by atoms with Crippen molar-refractivity contribution >= 4 is 5.96 Å². The fourth-order valence-corrected chi connectivity index (χ4v) is 2.07. The maximum absolute atomic E-state index is 12.7. The third kappa shape index (κ3) is 3.01. The number of halogens is 1. The summed E-state index contributed by atoms with van der Waals surface area (Å²) in [6, 6.07) is 6.64. The van der Waals surface area contributed by atoms with E-state index in [4.69, 9.17) is 12.2 Å². The van der Waals surface area contributed by atoms with Gasteiger partial charge >= 0.3 is 0 Å². The van der Waals surface area contributed by atoms with Gasteiger partial charge in [0.1, 0.15) is 12.4 Å². The summed E-state index contributed by atoms with van der Waals surface area (Å²) in [5.74, 6) is 3.30. The van der Waals surface area contributed by atoms with Crippen LogP contribution in [0.25, 0.3) is 0 Å². The maximum atomic E-state index is 12.7. The Hall–Kier alpha value is -2.02. The molecule has 0 aliphatic carbocycles. The highest BCUT2D eigenvalue weighted by Gasteiger charge is 2.27. The molecule has 0 saturated carbocycles. The van der Waals surface area contributed by atoms with Crippen molar-refractivity contribution in [1.82, 2.24) is 4.90 Å². The van der Waals surface area contributed by atoms with Gasteiger partial charge in [-0.2, -0.15) is 0 Å². The molecule has 1 aromatic rings. The molecule has 1 aliphatic rings. The molecule has 1 fully saturated rings. The smallest absolute Gasteiger partial charge is 0.192 e. The van der Waals surface area contributed by atoms with Gasteiger partial charge in [0.2, 0.25) is 0 Å².